The van der Waals surface area contributed by atoms with E-state index in [-0.39, 0.29) is 30.5 Å². The quantitative estimate of drug-likeness (QED) is 0.890. The van der Waals surface area contributed by atoms with Crippen LogP contribution in [0.25, 0.3) is 11.0 Å². The molecule has 1 aliphatic rings. The van der Waals surface area contributed by atoms with Gasteiger partial charge in [0.25, 0.3) is 0 Å². The van der Waals surface area contributed by atoms with Gasteiger partial charge in [-0.15, -0.1) is 0 Å². The van der Waals surface area contributed by atoms with Crippen molar-refractivity contribution in [1.82, 2.24) is 24.7 Å². The molecule has 0 spiro atoms. The number of aromatic nitrogens is 2. The van der Waals surface area contributed by atoms with Crippen molar-refractivity contribution >= 4 is 23.0 Å². The number of carbonyl (C=O) groups is 2. The minimum Gasteiger partial charge on any atom is -0.347 e. The van der Waals surface area contributed by atoms with Crippen LogP contribution in [0.1, 0.15) is 11.4 Å². The van der Waals surface area contributed by atoms with Gasteiger partial charge in [-0.1, -0.05) is 0 Å². The highest BCUT2D eigenvalue weighted by Gasteiger charge is 2.31. The number of likely N-dealkylation sites (N-methyl/N-ethyl adjacent to an activating group) is 1. The standard InChI is InChI=1S/C16H18F3N5O2/c1-22-5-6-24(15(22)26)9-14(25)20-8-13-21-11-7-10(16(17,18)19)3-4-12(11)23(13)2/h3-4,7H,5-6,8-9H2,1-2H3,(H,20,25). The van der Waals surface area contributed by atoms with Crippen LogP contribution in [0.15, 0.2) is 18.2 Å². The molecule has 26 heavy (non-hydrogen) atoms. The lowest BCUT2D eigenvalue weighted by Crippen LogP contribution is -2.39. The molecule has 1 aromatic heterocycles. The first-order valence-electron chi connectivity index (χ1n) is 7.96. The Morgan fingerprint density at radius 2 is 2.00 bits per heavy atom. The second-order valence-electron chi connectivity index (χ2n) is 6.19. The molecule has 0 radical (unpaired) electrons. The number of carbonyl (C=O) groups excluding carboxylic acids is 2. The summed E-state index contributed by atoms with van der Waals surface area (Å²) in [6.07, 6.45) is -4.44. The lowest BCUT2D eigenvalue weighted by molar-refractivity contribution is -0.137. The fourth-order valence-corrected chi connectivity index (χ4v) is 2.84. The Kier molecular flexibility index (Phi) is 4.51. The predicted octanol–water partition coefficient (Wildman–Crippen LogP) is 1.58. The number of imidazole rings is 1. The van der Waals surface area contributed by atoms with Gasteiger partial charge in [0.1, 0.15) is 12.4 Å². The SMILES string of the molecule is CN1CCN(CC(=O)NCc2nc3cc(C(F)(F)F)ccc3n2C)C1=O. The Balaban J connectivity index is 1.68. The molecule has 1 aliphatic heterocycles. The molecule has 2 aromatic rings. The number of hydrogen-bond donors (Lipinski definition) is 1. The number of rotatable bonds is 4. The Bertz CT molecular complexity index is 861. The molecule has 10 heteroatoms. The number of halogens is 3. The van der Waals surface area contributed by atoms with Crippen molar-refractivity contribution in [2.45, 2.75) is 12.7 Å². The van der Waals surface area contributed by atoms with Crippen LogP contribution in [0.5, 0.6) is 0 Å². The fraction of sp³-hybridized carbons (Fsp3) is 0.438. The fourth-order valence-electron chi connectivity index (χ4n) is 2.84. The zero-order chi connectivity index (χ0) is 19.1. The van der Waals surface area contributed by atoms with Gasteiger partial charge in [0, 0.05) is 27.2 Å². The van der Waals surface area contributed by atoms with Crippen molar-refractivity contribution in [3.05, 3.63) is 29.6 Å². The first-order valence-corrected chi connectivity index (χ1v) is 7.96. The van der Waals surface area contributed by atoms with Crippen molar-refractivity contribution in [1.29, 1.82) is 0 Å². The number of benzene rings is 1. The number of alkyl halides is 3. The minimum atomic E-state index is -4.44. The van der Waals surface area contributed by atoms with E-state index in [4.69, 9.17) is 0 Å². The maximum absolute atomic E-state index is 12.8. The van der Waals surface area contributed by atoms with E-state index in [1.165, 1.54) is 15.9 Å². The lowest BCUT2D eigenvalue weighted by atomic mass is 10.2. The predicted molar refractivity (Wildman–Crippen MR) is 87.2 cm³/mol. The molecule has 1 aromatic carbocycles. The van der Waals surface area contributed by atoms with Crippen molar-refractivity contribution in [3.63, 3.8) is 0 Å². The van der Waals surface area contributed by atoms with Crippen LogP contribution < -0.4 is 5.32 Å². The first-order chi connectivity index (χ1) is 12.2. The molecule has 1 N–H and O–H groups in total. The van der Waals surface area contributed by atoms with Gasteiger partial charge in [-0.25, -0.2) is 9.78 Å². The van der Waals surface area contributed by atoms with E-state index in [1.807, 2.05) is 0 Å². The molecule has 0 aliphatic carbocycles. The molecule has 0 bridgehead atoms. The highest BCUT2D eigenvalue weighted by atomic mass is 19.4. The van der Waals surface area contributed by atoms with Gasteiger partial charge in [0.15, 0.2) is 0 Å². The second-order valence-corrected chi connectivity index (χ2v) is 6.19. The van der Waals surface area contributed by atoms with Crippen molar-refractivity contribution < 1.29 is 22.8 Å². The van der Waals surface area contributed by atoms with Gasteiger partial charge in [0.05, 0.1) is 23.1 Å². The largest absolute Gasteiger partial charge is 0.416 e. The molecule has 0 saturated carbocycles. The minimum absolute atomic E-state index is 0.0588. The van der Waals surface area contributed by atoms with Gasteiger partial charge in [-0.05, 0) is 18.2 Å². The molecule has 0 unspecified atom stereocenters. The average Bonchev–Trinajstić information content (AvgIpc) is 3.06. The summed E-state index contributed by atoms with van der Waals surface area (Å²) < 4.78 is 40.0. The molecule has 3 rings (SSSR count). The van der Waals surface area contributed by atoms with Crippen molar-refractivity contribution in [3.8, 4) is 0 Å². The van der Waals surface area contributed by atoms with Crippen LogP contribution in [0, 0.1) is 0 Å². The summed E-state index contributed by atoms with van der Waals surface area (Å²) in [4.78, 5) is 30.9. The van der Waals surface area contributed by atoms with Gasteiger partial charge in [0.2, 0.25) is 5.91 Å². The topological polar surface area (TPSA) is 70.5 Å². The maximum atomic E-state index is 12.8. The number of fused-ring (bicyclic) bond motifs is 1. The number of nitrogens with zero attached hydrogens (tertiary/aromatic N) is 4. The van der Waals surface area contributed by atoms with E-state index in [0.717, 1.165) is 12.1 Å². The third-order valence-corrected chi connectivity index (χ3v) is 4.38. The maximum Gasteiger partial charge on any atom is 0.416 e. The van der Waals surface area contributed by atoms with E-state index in [2.05, 4.69) is 10.3 Å². The summed E-state index contributed by atoms with van der Waals surface area (Å²) in [6, 6.07) is 3.14. The van der Waals surface area contributed by atoms with Gasteiger partial charge in [-0.2, -0.15) is 13.2 Å². The molecule has 7 nitrogen and oxygen atoms in total. The molecule has 0 atom stereocenters. The van der Waals surface area contributed by atoms with Crippen LogP contribution >= 0.6 is 0 Å². The van der Waals surface area contributed by atoms with E-state index in [9.17, 15) is 22.8 Å². The molecule has 2 heterocycles. The summed E-state index contributed by atoms with van der Waals surface area (Å²) in [6.45, 7) is 1.04. The zero-order valence-corrected chi connectivity index (χ0v) is 14.3. The smallest absolute Gasteiger partial charge is 0.347 e. The van der Waals surface area contributed by atoms with Crippen LogP contribution in [0.3, 0.4) is 0 Å². The second kappa shape index (κ2) is 6.50. The Labute approximate surface area is 147 Å². The summed E-state index contributed by atoms with van der Waals surface area (Å²) in [5.74, 6) is 0.0780. The molecule has 1 fully saturated rings. The van der Waals surface area contributed by atoms with Gasteiger partial charge >= 0.3 is 12.2 Å². The number of amides is 3. The van der Waals surface area contributed by atoms with E-state index in [0.29, 0.717) is 24.4 Å². The summed E-state index contributed by atoms with van der Waals surface area (Å²) in [5, 5.41) is 2.65. The summed E-state index contributed by atoms with van der Waals surface area (Å²) in [5.41, 5.74) is -0.0168. The Morgan fingerprint density at radius 1 is 1.27 bits per heavy atom. The zero-order valence-electron chi connectivity index (χ0n) is 14.3. The number of hydrogen-bond acceptors (Lipinski definition) is 3. The van der Waals surface area contributed by atoms with Crippen LogP contribution in [0.4, 0.5) is 18.0 Å². The monoisotopic (exact) mass is 369 g/mol. The Hall–Kier alpha value is -2.78. The molecular formula is C16H18F3N5O2. The molecule has 1 saturated heterocycles. The highest BCUT2D eigenvalue weighted by molar-refractivity contribution is 5.85. The van der Waals surface area contributed by atoms with Gasteiger partial charge < -0.3 is 19.7 Å². The van der Waals surface area contributed by atoms with E-state index in [1.54, 1.807) is 18.7 Å². The van der Waals surface area contributed by atoms with Gasteiger partial charge in [-0.3, -0.25) is 4.79 Å². The number of nitrogens with one attached hydrogen (secondary N) is 1. The molecule has 140 valence electrons. The third-order valence-electron chi connectivity index (χ3n) is 4.38. The first kappa shape index (κ1) is 18.0. The van der Waals surface area contributed by atoms with Crippen molar-refractivity contribution in [2.24, 2.45) is 7.05 Å². The van der Waals surface area contributed by atoms with Crippen LogP contribution in [-0.4, -0.2) is 58.0 Å². The van der Waals surface area contributed by atoms with Crippen LogP contribution in [-0.2, 0) is 24.6 Å². The number of urea groups is 1. The van der Waals surface area contributed by atoms with E-state index < -0.39 is 11.7 Å². The highest BCUT2D eigenvalue weighted by Crippen LogP contribution is 2.31. The third kappa shape index (κ3) is 3.44. The van der Waals surface area contributed by atoms with Crippen molar-refractivity contribution in [2.75, 3.05) is 26.7 Å². The Morgan fingerprint density at radius 3 is 2.62 bits per heavy atom. The number of aryl methyl sites for hydroxylation is 1. The molecular weight excluding hydrogens is 351 g/mol. The lowest BCUT2D eigenvalue weighted by Gasteiger charge is -2.15. The summed E-state index contributed by atoms with van der Waals surface area (Å²) >= 11 is 0. The average molecular weight is 369 g/mol. The normalized spacial score (nSPS) is 15.2. The van der Waals surface area contributed by atoms with Crippen LogP contribution in [0.2, 0.25) is 0 Å². The van der Waals surface area contributed by atoms with E-state index >= 15 is 0 Å². The summed E-state index contributed by atoms with van der Waals surface area (Å²) in [7, 11) is 3.33. The molecule has 3 amide bonds.